The quantitative estimate of drug-likeness (QED) is 0.715. The molecule has 0 aromatic rings. The van der Waals surface area contributed by atoms with Crippen LogP contribution in [0.25, 0.3) is 0 Å². The predicted octanol–water partition coefficient (Wildman–Crippen LogP) is 3.98. The van der Waals surface area contributed by atoms with Crippen LogP contribution in [0.1, 0.15) is 57.8 Å². The van der Waals surface area contributed by atoms with Crippen molar-refractivity contribution in [2.75, 3.05) is 11.9 Å². The molecule has 3 aliphatic carbocycles. The van der Waals surface area contributed by atoms with Crippen LogP contribution in [0.2, 0.25) is 0 Å². The second-order valence-electron chi connectivity index (χ2n) is 6.65. The zero-order valence-corrected chi connectivity index (χ0v) is 13.4. The van der Waals surface area contributed by atoms with Gasteiger partial charge in [-0.1, -0.05) is 48.0 Å². The van der Waals surface area contributed by atoms with E-state index >= 15 is 0 Å². The van der Waals surface area contributed by atoms with Gasteiger partial charge in [0.15, 0.2) is 0 Å². The van der Waals surface area contributed by atoms with E-state index in [1.807, 2.05) is 0 Å². The Morgan fingerprint density at radius 3 is 2.11 bits per heavy atom. The Morgan fingerprint density at radius 2 is 1.53 bits per heavy atom. The fourth-order valence-electron chi connectivity index (χ4n) is 4.51. The molecule has 2 nitrogen and oxygen atoms in total. The molecule has 3 fully saturated rings. The van der Waals surface area contributed by atoms with Crippen LogP contribution in [0.3, 0.4) is 0 Å². The summed E-state index contributed by atoms with van der Waals surface area (Å²) in [5.74, 6) is 2.41. The lowest BCUT2D eigenvalue weighted by Gasteiger charge is -2.34. The highest BCUT2D eigenvalue weighted by Gasteiger charge is 2.56. The van der Waals surface area contributed by atoms with E-state index in [0.717, 1.165) is 23.7 Å². The minimum Gasteiger partial charge on any atom is -0.339 e. The maximum absolute atomic E-state index is 12.9. The predicted molar refractivity (Wildman–Crippen MR) is 81.3 cm³/mol. The summed E-state index contributed by atoms with van der Waals surface area (Å²) in [6, 6.07) is 0.543. The number of alkyl halides is 1. The highest BCUT2D eigenvalue weighted by molar-refractivity contribution is 9.09. The van der Waals surface area contributed by atoms with E-state index < -0.39 is 0 Å². The van der Waals surface area contributed by atoms with Crippen molar-refractivity contribution in [3.05, 3.63) is 0 Å². The molecule has 1 amide bonds. The number of hydrogen-bond donors (Lipinski definition) is 0. The third kappa shape index (κ3) is 2.86. The molecule has 3 saturated carbocycles. The molecule has 0 aromatic heterocycles. The highest BCUT2D eigenvalue weighted by atomic mass is 79.9. The van der Waals surface area contributed by atoms with E-state index in [1.165, 1.54) is 57.8 Å². The van der Waals surface area contributed by atoms with Gasteiger partial charge in [-0.15, -0.1) is 0 Å². The molecule has 2 atom stereocenters. The van der Waals surface area contributed by atoms with Crippen molar-refractivity contribution in [3.63, 3.8) is 0 Å². The fraction of sp³-hybridized carbons (Fsp3) is 0.938. The molecule has 0 saturated heterocycles. The Morgan fingerprint density at radius 1 is 0.947 bits per heavy atom. The molecule has 108 valence electrons. The van der Waals surface area contributed by atoms with Crippen LogP contribution >= 0.6 is 15.9 Å². The number of hydrogen-bond acceptors (Lipinski definition) is 1. The normalized spacial score (nSPS) is 34.7. The molecule has 0 bridgehead atoms. The summed E-state index contributed by atoms with van der Waals surface area (Å²) >= 11 is 3.54. The first-order valence-corrected chi connectivity index (χ1v) is 9.31. The standard InChI is InChI=1S/C16H26BrNO/c17-10-11-18(12-6-2-1-3-7-12)16(19)15-13-8-4-5-9-14(13)15/h12-15H,1-11H2. The lowest BCUT2D eigenvalue weighted by atomic mass is 9.94. The van der Waals surface area contributed by atoms with Crippen molar-refractivity contribution in [1.29, 1.82) is 0 Å². The Bertz CT molecular complexity index is 315. The van der Waals surface area contributed by atoms with Crippen LogP contribution in [0.4, 0.5) is 0 Å². The molecule has 2 unspecified atom stereocenters. The Hall–Kier alpha value is -0.0500. The SMILES string of the molecule is O=C(C1C2CCCCC21)N(CCBr)C1CCCCC1. The minimum absolute atomic E-state index is 0.406. The van der Waals surface area contributed by atoms with Crippen LogP contribution in [0.5, 0.6) is 0 Å². The molecule has 0 aliphatic heterocycles. The van der Waals surface area contributed by atoms with Gasteiger partial charge in [0, 0.05) is 23.8 Å². The lowest BCUT2D eigenvalue weighted by molar-refractivity contribution is -0.135. The van der Waals surface area contributed by atoms with E-state index in [2.05, 4.69) is 20.8 Å². The summed E-state index contributed by atoms with van der Waals surface area (Å²) < 4.78 is 0. The number of amides is 1. The lowest BCUT2D eigenvalue weighted by Crippen LogP contribution is -2.43. The van der Waals surface area contributed by atoms with Crippen LogP contribution < -0.4 is 0 Å². The van der Waals surface area contributed by atoms with Gasteiger partial charge >= 0.3 is 0 Å². The van der Waals surface area contributed by atoms with Crippen molar-refractivity contribution in [2.24, 2.45) is 17.8 Å². The van der Waals surface area contributed by atoms with Crippen molar-refractivity contribution in [1.82, 2.24) is 4.90 Å². The van der Waals surface area contributed by atoms with E-state index in [9.17, 15) is 4.79 Å². The third-order valence-electron chi connectivity index (χ3n) is 5.57. The Labute approximate surface area is 125 Å². The molecule has 3 rings (SSSR count). The first kappa shape index (κ1) is 13.9. The molecule has 0 radical (unpaired) electrons. The average Bonchev–Trinajstić information content (AvgIpc) is 3.19. The first-order valence-electron chi connectivity index (χ1n) is 8.19. The molecule has 3 aliphatic rings. The number of carbonyl (C=O) groups is 1. The van der Waals surface area contributed by atoms with Crippen LogP contribution in [0.15, 0.2) is 0 Å². The topological polar surface area (TPSA) is 20.3 Å². The number of rotatable bonds is 4. The second-order valence-corrected chi connectivity index (χ2v) is 7.44. The number of carbonyl (C=O) groups excluding carboxylic acids is 1. The van der Waals surface area contributed by atoms with Gasteiger partial charge in [-0.3, -0.25) is 4.79 Å². The van der Waals surface area contributed by atoms with Crippen LogP contribution in [0, 0.1) is 17.8 Å². The zero-order valence-electron chi connectivity index (χ0n) is 11.8. The molecule has 0 heterocycles. The van der Waals surface area contributed by atoms with E-state index in [-0.39, 0.29) is 0 Å². The van der Waals surface area contributed by atoms with Crippen molar-refractivity contribution in [3.8, 4) is 0 Å². The van der Waals surface area contributed by atoms with Crippen molar-refractivity contribution in [2.45, 2.75) is 63.8 Å². The molecular formula is C16H26BrNO. The number of fused-ring (bicyclic) bond motifs is 1. The molecule has 0 spiro atoms. The summed E-state index contributed by atoms with van der Waals surface area (Å²) in [6.45, 7) is 0.916. The van der Waals surface area contributed by atoms with E-state index in [0.29, 0.717) is 17.9 Å². The van der Waals surface area contributed by atoms with E-state index in [1.54, 1.807) is 0 Å². The maximum Gasteiger partial charge on any atom is 0.226 e. The summed E-state index contributed by atoms with van der Waals surface area (Å²) in [6.07, 6.45) is 11.8. The van der Waals surface area contributed by atoms with E-state index in [4.69, 9.17) is 0 Å². The minimum atomic E-state index is 0.406. The molecule has 0 N–H and O–H groups in total. The molecular weight excluding hydrogens is 302 g/mol. The third-order valence-corrected chi connectivity index (χ3v) is 5.92. The van der Waals surface area contributed by atoms with Gasteiger partial charge in [0.05, 0.1) is 0 Å². The fourth-order valence-corrected chi connectivity index (χ4v) is 4.89. The monoisotopic (exact) mass is 327 g/mol. The summed E-state index contributed by atoms with van der Waals surface area (Å²) in [5.41, 5.74) is 0. The smallest absolute Gasteiger partial charge is 0.226 e. The maximum atomic E-state index is 12.9. The summed E-state index contributed by atoms with van der Waals surface area (Å²) in [4.78, 5) is 15.1. The summed E-state index contributed by atoms with van der Waals surface area (Å²) in [5, 5.41) is 0.928. The largest absolute Gasteiger partial charge is 0.339 e. The van der Waals surface area contributed by atoms with Gasteiger partial charge < -0.3 is 4.90 Å². The summed E-state index contributed by atoms with van der Waals surface area (Å²) in [7, 11) is 0. The first-order chi connectivity index (χ1) is 9.33. The Kier molecular flexibility index (Phi) is 4.51. The van der Waals surface area contributed by atoms with Gasteiger partial charge in [-0.25, -0.2) is 0 Å². The van der Waals surface area contributed by atoms with Crippen molar-refractivity contribution >= 4 is 21.8 Å². The van der Waals surface area contributed by atoms with Gasteiger partial charge in [-0.05, 0) is 37.5 Å². The molecule has 0 aromatic carbocycles. The molecule has 19 heavy (non-hydrogen) atoms. The highest BCUT2D eigenvalue weighted by Crippen LogP contribution is 2.56. The van der Waals surface area contributed by atoms with Gasteiger partial charge in [0.1, 0.15) is 0 Å². The average molecular weight is 328 g/mol. The van der Waals surface area contributed by atoms with Crippen LogP contribution in [-0.2, 0) is 4.79 Å². The van der Waals surface area contributed by atoms with Gasteiger partial charge in [-0.2, -0.15) is 0 Å². The van der Waals surface area contributed by atoms with Gasteiger partial charge in [0.25, 0.3) is 0 Å². The van der Waals surface area contributed by atoms with Crippen molar-refractivity contribution < 1.29 is 4.79 Å². The number of halogens is 1. The van der Waals surface area contributed by atoms with Crippen LogP contribution in [-0.4, -0.2) is 28.7 Å². The van der Waals surface area contributed by atoms with Gasteiger partial charge in [0.2, 0.25) is 5.91 Å². The molecule has 3 heteroatoms. The number of nitrogens with zero attached hydrogens (tertiary/aromatic N) is 1. The Balaban J connectivity index is 1.64. The zero-order chi connectivity index (χ0) is 13.2. The second kappa shape index (κ2) is 6.15.